The zero-order chi connectivity index (χ0) is 22.0. The van der Waals surface area contributed by atoms with Crippen LogP contribution in [0.1, 0.15) is 30.5 Å². The number of halogens is 3. The van der Waals surface area contributed by atoms with Crippen molar-refractivity contribution >= 4 is 5.97 Å². The maximum absolute atomic E-state index is 13.3. The second-order valence-electron chi connectivity index (χ2n) is 7.38. The molecular formula is C22H23F3O5. The van der Waals surface area contributed by atoms with Crippen LogP contribution in [0, 0.1) is 0 Å². The quantitative estimate of drug-likeness (QED) is 0.648. The first kappa shape index (κ1) is 22.3. The highest BCUT2D eigenvalue weighted by Gasteiger charge is 2.46. The lowest BCUT2D eigenvalue weighted by Gasteiger charge is -2.32. The van der Waals surface area contributed by atoms with Crippen LogP contribution in [0.15, 0.2) is 54.6 Å². The van der Waals surface area contributed by atoms with Gasteiger partial charge in [-0.1, -0.05) is 42.5 Å². The van der Waals surface area contributed by atoms with Crippen LogP contribution in [0.25, 0.3) is 0 Å². The number of hydrogen-bond acceptors (Lipinski definition) is 5. The molecule has 1 fully saturated rings. The summed E-state index contributed by atoms with van der Waals surface area (Å²) in [6.45, 7) is 3.58. The summed E-state index contributed by atoms with van der Waals surface area (Å²) in [6, 6.07) is 12.7. The molecule has 1 saturated heterocycles. The van der Waals surface area contributed by atoms with Crippen molar-refractivity contribution in [3.05, 3.63) is 71.3 Å². The zero-order valence-electron chi connectivity index (χ0n) is 16.9. The normalized spacial score (nSPS) is 20.5. The molecule has 2 unspecified atom stereocenters. The standard InChI is InChI=1S/C22H23F3O5/c1-20(2)29-14-18(30-20)13-28-19(26)21(27-3,15-8-5-4-6-9-15)16-10-7-11-17(12-16)22(23,24)25/h4-12,18H,13-14H2,1-3H3. The summed E-state index contributed by atoms with van der Waals surface area (Å²) in [5, 5.41) is 0. The van der Waals surface area contributed by atoms with E-state index in [9.17, 15) is 18.0 Å². The Morgan fingerprint density at radius 1 is 1.07 bits per heavy atom. The predicted molar refractivity (Wildman–Crippen MR) is 102 cm³/mol. The lowest BCUT2D eigenvalue weighted by Crippen LogP contribution is -2.42. The van der Waals surface area contributed by atoms with E-state index in [1.54, 1.807) is 44.2 Å². The molecule has 1 aliphatic rings. The van der Waals surface area contributed by atoms with Gasteiger partial charge in [-0.05, 0) is 31.5 Å². The first-order valence-corrected chi connectivity index (χ1v) is 9.36. The molecule has 162 valence electrons. The van der Waals surface area contributed by atoms with Crippen molar-refractivity contribution in [1.82, 2.24) is 0 Å². The van der Waals surface area contributed by atoms with E-state index in [0.29, 0.717) is 5.56 Å². The van der Waals surface area contributed by atoms with E-state index in [2.05, 4.69) is 0 Å². The molecular weight excluding hydrogens is 401 g/mol. The number of rotatable bonds is 6. The highest BCUT2D eigenvalue weighted by Crippen LogP contribution is 2.38. The van der Waals surface area contributed by atoms with Crippen LogP contribution in [0.3, 0.4) is 0 Å². The molecule has 2 atom stereocenters. The minimum Gasteiger partial charge on any atom is -0.460 e. The van der Waals surface area contributed by atoms with Crippen molar-refractivity contribution < 1.29 is 36.9 Å². The molecule has 1 heterocycles. The Bertz CT molecular complexity index is 882. The molecule has 3 rings (SSSR count). The molecule has 0 bridgehead atoms. The number of carbonyl (C=O) groups excluding carboxylic acids is 1. The summed E-state index contributed by atoms with van der Waals surface area (Å²) in [6.07, 6.45) is -5.06. The molecule has 0 amide bonds. The second kappa shape index (κ2) is 8.37. The Hall–Kier alpha value is -2.42. The summed E-state index contributed by atoms with van der Waals surface area (Å²) >= 11 is 0. The number of alkyl halides is 3. The lowest BCUT2D eigenvalue weighted by atomic mass is 9.85. The molecule has 1 aliphatic heterocycles. The van der Waals surface area contributed by atoms with Crippen molar-refractivity contribution in [2.45, 2.75) is 37.5 Å². The Labute approximate surface area is 172 Å². The topological polar surface area (TPSA) is 54.0 Å². The highest BCUT2D eigenvalue weighted by molar-refractivity contribution is 5.86. The van der Waals surface area contributed by atoms with Gasteiger partial charge >= 0.3 is 12.1 Å². The number of benzene rings is 2. The summed E-state index contributed by atoms with van der Waals surface area (Å²) < 4.78 is 62.0. The van der Waals surface area contributed by atoms with Gasteiger partial charge in [-0.3, -0.25) is 0 Å². The number of hydrogen-bond donors (Lipinski definition) is 0. The third kappa shape index (κ3) is 4.50. The molecule has 8 heteroatoms. The fourth-order valence-corrected chi connectivity index (χ4v) is 3.42. The fraction of sp³-hybridized carbons (Fsp3) is 0.409. The van der Waals surface area contributed by atoms with E-state index in [0.717, 1.165) is 12.1 Å². The average Bonchev–Trinajstić information content (AvgIpc) is 3.06. The maximum Gasteiger partial charge on any atom is 0.416 e. The Balaban J connectivity index is 1.97. The van der Waals surface area contributed by atoms with Crippen LogP contribution in [-0.2, 0) is 35.5 Å². The highest BCUT2D eigenvalue weighted by atomic mass is 19.4. The number of carbonyl (C=O) groups is 1. The first-order chi connectivity index (χ1) is 14.1. The van der Waals surface area contributed by atoms with Gasteiger partial charge in [0.2, 0.25) is 5.60 Å². The van der Waals surface area contributed by atoms with E-state index in [-0.39, 0.29) is 18.8 Å². The van der Waals surface area contributed by atoms with Gasteiger partial charge in [0.05, 0.1) is 12.2 Å². The maximum atomic E-state index is 13.3. The fourth-order valence-electron chi connectivity index (χ4n) is 3.42. The average molecular weight is 424 g/mol. The minimum absolute atomic E-state index is 0.0138. The molecule has 0 aromatic heterocycles. The van der Waals surface area contributed by atoms with Crippen LogP contribution in [-0.4, -0.2) is 38.2 Å². The predicted octanol–water partition coefficient (Wildman–Crippen LogP) is 4.29. The summed E-state index contributed by atoms with van der Waals surface area (Å²) in [5.41, 5.74) is -2.41. The number of methoxy groups -OCH3 is 1. The summed E-state index contributed by atoms with van der Waals surface area (Å²) in [5.74, 6) is -1.64. The number of ether oxygens (including phenoxy) is 4. The SMILES string of the molecule is COC(C(=O)OCC1COC(C)(C)O1)(c1ccccc1)c1cccc(C(F)(F)F)c1. The van der Waals surface area contributed by atoms with Gasteiger partial charge in [-0.15, -0.1) is 0 Å². The van der Waals surface area contributed by atoms with Crippen molar-refractivity contribution in [2.75, 3.05) is 20.3 Å². The van der Waals surface area contributed by atoms with Gasteiger partial charge in [-0.2, -0.15) is 13.2 Å². The third-order valence-electron chi connectivity index (χ3n) is 4.84. The molecule has 0 radical (unpaired) electrons. The Morgan fingerprint density at radius 2 is 1.70 bits per heavy atom. The molecule has 2 aromatic carbocycles. The lowest BCUT2D eigenvalue weighted by molar-refractivity contribution is -0.174. The number of esters is 1. The van der Waals surface area contributed by atoms with Gasteiger partial charge in [-0.25, -0.2) is 4.79 Å². The van der Waals surface area contributed by atoms with Crippen molar-refractivity contribution in [1.29, 1.82) is 0 Å². The van der Waals surface area contributed by atoms with E-state index >= 15 is 0 Å². The Kier molecular flexibility index (Phi) is 6.21. The van der Waals surface area contributed by atoms with E-state index in [1.807, 2.05) is 0 Å². The largest absolute Gasteiger partial charge is 0.460 e. The van der Waals surface area contributed by atoms with Crippen LogP contribution in [0.5, 0.6) is 0 Å². The molecule has 30 heavy (non-hydrogen) atoms. The second-order valence-corrected chi connectivity index (χ2v) is 7.38. The molecule has 0 saturated carbocycles. The first-order valence-electron chi connectivity index (χ1n) is 9.36. The summed E-state index contributed by atoms with van der Waals surface area (Å²) in [7, 11) is 1.26. The van der Waals surface area contributed by atoms with Crippen molar-refractivity contribution in [3.63, 3.8) is 0 Å². The molecule has 5 nitrogen and oxygen atoms in total. The smallest absolute Gasteiger partial charge is 0.416 e. The van der Waals surface area contributed by atoms with E-state index in [4.69, 9.17) is 18.9 Å². The van der Waals surface area contributed by atoms with Gasteiger partial charge in [0.25, 0.3) is 0 Å². The van der Waals surface area contributed by atoms with Gasteiger partial charge in [0.1, 0.15) is 12.7 Å². The molecule has 0 spiro atoms. The Morgan fingerprint density at radius 3 is 2.27 bits per heavy atom. The minimum atomic E-state index is -4.57. The zero-order valence-corrected chi connectivity index (χ0v) is 16.9. The molecule has 2 aromatic rings. The van der Waals surface area contributed by atoms with Crippen LogP contribution in [0.4, 0.5) is 13.2 Å². The molecule has 0 N–H and O–H groups in total. The van der Waals surface area contributed by atoms with Crippen molar-refractivity contribution in [2.24, 2.45) is 0 Å². The monoisotopic (exact) mass is 424 g/mol. The third-order valence-corrected chi connectivity index (χ3v) is 4.84. The van der Waals surface area contributed by atoms with Gasteiger partial charge in [0, 0.05) is 12.7 Å². The van der Waals surface area contributed by atoms with E-state index < -0.39 is 35.2 Å². The van der Waals surface area contributed by atoms with Crippen LogP contribution in [0.2, 0.25) is 0 Å². The molecule has 0 aliphatic carbocycles. The van der Waals surface area contributed by atoms with E-state index in [1.165, 1.54) is 19.2 Å². The van der Waals surface area contributed by atoms with Crippen LogP contribution < -0.4 is 0 Å². The van der Waals surface area contributed by atoms with Gasteiger partial charge in [0.15, 0.2) is 5.79 Å². The van der Waals surface area contributed by atoms with Crippen molar-refractivity contribution in [3.8, 4) is 0 Å². The summed E-state index contributed by atoms with van der Waals surface area (Å²) in [4.78, 5) is 13.3. The van der Waals surface area contributed by atoms with Gasteiger partial charge < -0.3 is 18.9 Å². The van der Waals surface area contributed by atoms with Crippen LogP contribution >= 0.6 is 0 Å².